The van der Waals surface area contributed by atoms with Gasteiger partial charge in [0, 0.05) is 30.8 Å². The molecule has 0 unspecified atom stereocenters. The average molecular weight is 512 g/mol. The topological polar surface area (TPSA) is 87.7 Å². The number of hydrogen-bond acceptors (Lipinski definition) is 5. The van der Waals surface area contributed by atoms with Gasteiger partial charge in [0.25, 0.3) is 5.91 Å². The number of carbonyl (C=O) groups is 1. The van der Waals surface area contributed by atoms with Crippen molar-refractivity contribution in [2.45, 2.75) is 25.2 Å². The van der Waals surface area contributed by atoms with E-state index in [1.54, 1.807) is 50.2 Å². The van der Waals surface area contributed by atoms with Gasteiger partial charge in [0.2, 0.25) is 10.0 Å². The van der Waals surface area contributed by atoms with Crippen molar-refractivity contribution < 1.29 is 17.9 Å². The van der Waals surface area contributed by atoms with Crippen LogP contribution in [0.5, 0.6) is 5.75 Å². The Morgan fingerprint density at radius 1 is 0.943 bits per heavy atom. The maximum absolute atomic E-state index is 12.6. The first-order valence-electron chi connectivity index (χ1n) is 11.3. The van der Waals surface area contributed by atoms with E-state index in [0.29, 0.717) is 36.7 Å². The van der Waals surface area contributed by atoms with Gasteiger partial charge in [0.15, 0.2) is 5.11 Å². The van der Waals surface area contributed by atoms with Gasteiger partial charge in [-0.05, 0) is 60.2 Å². The summed E-state index contributed by atoms with van der Waals surface area (Å²) in [5.41, 5.74) is 2.15. The second-order valence-electron chi connectivity index (χ2n) is 7.63. The summed E-state index contributed by atoms with van der Waals surface area (Å²) in [6.45, 7) is 4.88. The molecule has 3 aromatic rings. The fraction of sp³-hybridized carbons (Fsp3) is 0.231. The minimum absolute atomic E-state index is 0.102. The lowest BCUT2D eigenvalue weighted by Crippen LogP contribution is -2.34. The maximum Gasteiger partial charge on any atom is 0.257 e. The number of benzene rings is 3. The van der Waals surface area contributed by atoms with Crippen LogP contribution in [0.4, 0.5) is 5.69 Å². The molecule has 7 nitrogen and oxygen atoms in total. The normalized spacial score (nSPS) is 11.2. The summed E-state index contributed by atoms with van der Waals surface area (Å²) in [7, 11) is -3.54. The van der Waals surface area contributed by atoms with Crippen LogP contribution in [0.25, 0.3) is 0 Å². The minimum atomic E-state index is -3.54. The number of anilines is 1. The zero-order chi connectivity index (χ0) is 25.3. The fourth-order valence-corrected chi connectivity index (χ4v) is 5.09. The Balaban J connectivity index is 1.54. The highest BCUT2D eigenvalue weighted by molar-refractivity contribution is 7.89. The summed E-state index contributed by atoms with van der Waals surface area (Å²) >= 11 is 5.25. The van der Waals surface area contributed by atoms with Crippen molar-refractivity contribution in [1.82, 2.24) is 9.62 Å². The van der Waals surface area contributed by atoms with Crippen molar-refractivity contribution in [2.75, 3.05) is 25.0 Å². The SMILES string of the molecule is CCN(CC)S(=O)(=O)c1ccc(NC(=S)NC(=O)c2cccc(OCCc3ccccc3)c2)cc1. The van der Waals surface area contributed by atoms with Crippen LogP contribution in [0.1, 0.15) is 29.8 Å². The Morgan fingerprint density at radius 3 is 2.29 bits per heavy atom. The molecule has 0 heterocycles. The molecule has 0 aliphatic rings. The van der Waals surface area contributed by atoms with Crippen LogP contribution in [0, 0.1) is 0 Å². The number of amides is 1. The van der Waals surface area contributed by atoms with Crippen molar-refractivity contribution in [2.24, 2.45) is 0 Å². The maximum atomic E-state index is 12.6. The number of rotatable bonds is 10. The fourth-order valence-electron chi connectivity index (χ4n) is 3.42. The van der Waals surface area contributed by atoms with Gasteiger partial charge < -0.3 is 10.1 Å². The van der Waals surface area contributed by atoms with E-state index in [-0.39, 0.29) is 15.9 Å². The first-order valence-corrected chi connectivity index (χ1v) is 13.2. The van der Waals surface area contributed by atoms with E-state index in [2.05, 4.69) is 10.6 Å². The van der Waals surface area contributed by atoms with E-state index >= 15 is 0 Å². The van der Waals surface area contributed by atoms with E-state index in [0.717, 1.165) is 6.42 Å². The van der Waals surface area contributed by atoms with Crippen LogP contribution in [0.15, 0.2) is 83.8 Å². The number of nitrogens with one attached hydrogen (secondary N) is 2. The summed E-state index contributed by atoms with van der Waals surface area (Å²) < 4.78 is 32.4. The molecule has 1 amide bonds. The molecule has 35 heavy (non-hydrogen) atoms. The number of hydrogen-bond donors (Lipinski definition) is 2. The standard InChI is InChI=1S/C26H29N3O4S2/c1-3-29(4-2)35(31,32)24-15-13-22(14-16-24)27-26(34)28-25(30)21-11-8-12-23(19-21)33-18-17-20-9-6-5-7-10-20/h5-16,19H,3-4,17-18H2,1-2H3,(H2,27,28,30,34). The van der Waals surface area contributed by atoms with Gasteiger partial charge in [-0.15, -0.1) is 0 Å². The molecule has 0 radical (unpaired) electrons. The Bertz CT molecular complexity index is 1240. The second kappa shape index (κ2) is 12.4. The third-order valence-corrected chi connectivity index (χ3v) is 7.55. The first kappa shape index (κ1) is 26.3. The molecule has 3 aromatic carbocycles. The Labute approximate surface area is 212 Å². The van der Waals surface area contributed by atoms with Crippen LogP contribution in [-0.2, 0) is 16.4 Å². The lowest BCUT2D eigenvalue weighted by molar-refractivity contribution is 0.0977. The lowest BCUT2D eigenvalue weighted by Gasteiger charge is -2.18. The van der Waals surface area contributed by atoms with Crippen molar-refractivity contribution >= 4 is 38.9 Å². The van der Waals surface area contributed by atoms with E-state index in [9.17, 15) is 13.2 Å². The van der Waals surface area contributed by atoms with Crippen molar-refractivity contribution in [3.8, 4) is 5.75 Å². The molecule has 0 aliphatic heterocycles. The van der Waals surface area contributed by atoms with Crippen molar-refractivity contribution in [1.29, 1.82) is 0 Å². The highest BCUT2D eigenvalue weighted by Crippen LogP contribution is 2.18. The average Bonchev–Trinajstić information content (AvgIpc) is 2.86. The molecule has 2 N–H and O–H groups in total. The molecule has 0 saturated heterocycles. The summed E-state index contributed by atoms with van der Waals surface area (Å²) in [6, 6.07) is 23.1. The van der Waals surface area contributed by atoms with E-state index < -0.39 is 10.0 Å². The molecule has 0 bridgehead atoms. The molecule has 0 atom stereocenters. The van der Waals surface area contributed by atoms with Gasteiger partial charge in [0.1, 0.15) is 5.75 Å². The smallest absolute Gasteiger partial charge is 0.257 e. The molecule has 3 rings (SSSR count). The third-order valence-electron chi connectivity index (χ3n) is 5.28. The van der Waals surface area contributed by atoms with Gasteiger partial charge in [-0.25, -0.2) is 8.42 Å². The Hall–Kier alpha value is -3.27. The Kier molecular flexibility index (Phi) is 9.36. The lowest BCUT2D eigenvalue weighted by atomic mass is 10.2. The molecule has 0 spiro atoms. The van der Waals surface area contributed by atoms with Crippen LogP contribution < -0.4 is 15.4 Å². The summed E-state index contributed by atoms with van der Waals surface area (Å²) in [6.07, 6.45) is 0.764. The highest BCUT2D eigenvalue weighted by Gasteiger charge is 2.21. The third kappa shape index (κ3) is 7.35. The molecule has 0 aliphatic carbocycles. The highest BCUT2D eigenvalue weighted by atomic mass is 32.2. The number of sulfonamides is 1. The summed E-state index contributed by atoms with van der Waals surface area (Å²) in [5.74, 6) is 0.217. The first-order chi connectivity index (χ1) is 16.8. The van der Waals surface area contributed by atoms with Gasteiger partial charge in [-0.3, -0.25) is 10.1 Å². The van der Waals surface area contributed by atoms with Crippen molar-refractivity contribution in [3.63, 3.8) is 0 Å². The number of nitrogens with zero attached hydrogens (tertiary/aromatic N) is 1. The van der Waals surface area contributed by atoms with Gasteiger partial charge in [-0.2, -0.15) is 4.31 Å². The van der Waals surface area contributed by atoms with Gasteiger partial charge in [0.05, 0.1) is 11.5 Å². The molecular formula is C26H29N3O4S2. The van der Waals surface area contributed by atoms with Gasteiger partial charge >= 0.3 is 0 Å². The number of ether oxygens (including phenoxy) is 1. The zero-order valence-corrected chi connectivity index (χ0v) is 21.4. The number of carbonyl (C=O) groups excluding carboxylic acids is 1. The predicted molar refractivity (Wildman–Crippen MR) is 142 cm³/mol. The molecule has 9 heteroatoms. The van der Waals surface area contributed by atoms with E-state index in [1.165, 1.54) is 22.0 Å². The predicted octanol–water partition coefficient (Wildman–Crippen LogP) is 4.47. The summed E-state index contributed by atoms with van der Waals surface area (Å²) in [5, 5.41) is 5.64. The molecule has 184 valence electrons. The van der Waals surface area contributed by atoms with E-state index in [4.69, 9.17) is 17.0 Å². The molecule has 0 fully saturated rings. The molecule has 0 aromatic heterocycles. The number of thiocarbonyl (C=S) groups is 1. The molecular weight excluding hydrogens is 482 g/mol. The largest absolute Gasteiger partial charge is 0.493 e. The minimum Gasteiger partial charge on any atom is -0.493 e. The van der Waals surface area contributed by atoms with Crippen LogP contribution >= 0.6 is 12.2 Å². The van der Waals surface area contributed by atoms with Crippen LogP contribution in [0.3, 0.4) is 0 Å². The monoisotopic (exact) mass is 511 g/mol. The zero-order valence-electron chi connectivity index (χ0n) is 19.7. The van der Waals surface area contributed by atoms with Gasteiger partial charge in [-0.1, -0.05) is 50.2 Å². The summed E-state index contributed by atoms with van der Waals surface area (Å²) in [4.78, 5) is 12.8. The Morgan fingerprint density at radius 2 is 1.63 bits per heavy atom. The van der Waals surface area contributed by atoms with Crippen LogP contribution in [-0.4, -0.2) is 43.4 Å². The van der Waals surface area contributed by atoms with E-state index in [1.807, 2.05) is 30.3 Å². The van der Waals surface area contributed by atoms with Crippen molar-refractivity contribution in [3.05, 3.63) is 90.0 Å². The molecule has 0 saturated carbocycles. The van der Waals surface area contributed by atoms with Crippen LogP contribution in [0.2, 0.25) is 0 Å². The second-order valence-corrected chi connectivity index (χ2v) is 9.98. The quantitative estimate of drug-likeness (QED) is 0.391.